The highest BCUT2D eigenvalue weighted by atomic mass is 16.8. The van der Waals surface area contributed by atoms with Crippen molar-refractivity contribution in [1.82, 2.24) is 0 Å². The topological polar surface area (TPSA) is 108 Å². The van der Waals surface area contributed by atoms with E-state index in [1.54, 1.807) is 6.08 Å². The Morgan fingerprint density at radius 2 is 1.30 bits per heavy atom. The fourth-order valence-electron chi connectivity index (χ4n) is 5.49. The number of carbonyl (C=O) groups is 3. The first-order valence-electron chi connectivity index (χ1n) is 13.1. The number of aliphatic hydroxyl groups is 1. The molecular weight excluding hydrogens is 476 g/mol. The molecule has 3 fully saturated rings. The molecule has 1 saturated heterocycles. The maximum absolute atomic E-state index is 12.8. The van der Waals surface area contributed by atoms with Crippen molar-refractivity contribution in [2.24, 2.45) is 0 Å². The summed E-state index contributed by atoms with van der Waals surface area (Å²) < 4.78 is 22.5. The third kappa shape index (κ3) is 5.43. The van der Waals surface area contributed by atoms with E-state index in [9.17, 15) is 19.5 Å². The second kappa shape index (κ2) is 10.4. The quantitative estimate of drug-likeness (QED) is 0.320. The van der Waals surface area contributed by atoms with Crippen molar-refractivity contribution in [3.63, 3.8) is 0 Å². The maximum Gasteiger partial charge on any atom is 0.348 e. The lowest BCUT2D eigenvalue weighted by atomic mass is 9.91. The first-order chi connectivity index (χ1) is 17.9. The van der Waals surface area contributed by atoms with Gasteiger partial charge in [0, 0.05) is 31.6 Å². The summed E-state index contributed by atoms with van der Waals surface area (Å²) in [6, 6.07) is 9.44. The number of hydrogen-bond donors (Lipinski definition) is 1. The first kappa shape index (κ1) is 25.1. The van der Waals surface area contributed by atoms with Gasteiger partial charge in [-0.2, -0.15) is 0 Å². The average molecular weight is 509 g/mol. The van der Waals surface area contributed by atoms with Gasteiger partial charge in [-0.3, -0.25) is 0 Å². The molecule has 1 aromatic carbocycles. The van der Waals surface area contributed by atoms with Crippen LogP contribution >= 0.6 is 0 Å². The largest absolute Gasteiger partial charge is 0.480 e. The van der Waals surface area contributed by atoms with Crippen molar-refractivity contribution >= 4 is 17.9 Å². The van der Waals surface area contributed by atoms with E-state index in [-0.39, 0.29) is 23.5 Å². The van der Waals surface area contributed by atoms with Crippen LogP contribution in [0.4, 0.5) is 0 Å². The SMILES string of the molecule is O=C1OC2(CCCCC2)OC(=O)C1=CCC(/C=C/C1=C(O)OC2(CCCCC2)OC1=O)c1ccccc1. The highest BCUT2D eigenvalue weighted by molar-refractivity contribution is 6.15. The van der Waals surface area contributed by atoms with Gasteiger partial charge in [0.05, 0.1) is 0 Å². The molecule has 2 aliphatic heterocycles. The lowest BCUT2D eigenvalue weighted by molar-refractivity contribution is -0.249. The summed E-state index contributed by atoms with van der Waals surface area (Å²) in [7, 11) is 0. The Hall–Kier alpha value is -3.55. The summed E-state index contributed by atoms with van der Waals surface area (Å²) in [5.41, 5.74) is 0.693. The van der Waals surface area contributed by atoms with E-state index in [1.165, 1.54) is 12.2 Å². The first-order valence-corrected chi connectivity index (χ1v) is 13.1. The van der Waals surface area contributed by atoms with Gasteiger partial charge in [-0.15, -0.1) is 0 Å². The molecule has 1 unspecified atom stereocenters. The zero-order valence-corrected chi connectivity index (χ0v) is 20.8. The van der Waals surface area contributed by atoms with Crippen molar-refractivity contribution in [3.05, 3.63) is 71.2 Å². The van der Waals surface area contributed by atoms with Crippen LogP contribution in [0.25, 0.3) is 0 Å². The van der Waals surface area contributed by atoms with Crippen molar-refractivity contribution in [1.29, 1.82) is 0 Å². The maximum atomic E-state index is 12.8. The Kier molecular flexibility index (Phi) is 7.09. The Bertz CT molecular complexity index is 1110. The normalized spacial score (nSPS) is 23.9. The van der Waals surface area contributed by atoms with Crippen LogP contribution in [0.5, 0.6) is 0 Å². The van der Waals surface area contributed by atoms with Gasteiger partial charge >= 0.3 is 17.9 Å². The molecule has 4 aliphatic rings. The van der Waals surface area contributed by atoms with E-state index in [1.807, 2.05) is 30.3 Å². The number of benzene rings is 1. The molecule has 2 spiro atoms. The third-order valence-electron chi connectivity index (χ3n) is 7.54. The van der Waals surface area contributed by atoms with Crippen LogP contribution in [-0.2, 0) is 33.3 Å². The number of aliphatic hydroxyl groups excluding tert-OH is 1. The molecule has 5 rings (SSSR count). The van der Waals surface area contributed by atoms with E-state index in [0.29, 0.717) is 25.7 Å². The second-order valence-electron chi connectivity index (χ2n) is 10.2. The summed E-state index contributed by atoms with van der Waals surface area (Å²) in [6.07, 6.45) is 12.6. The van der Waals surface area contributed by atoms with Crippen LogP contribution in [-0.4, -0.2) is 34.6 Å². The molecule has 37 heavy (non-hydrogen) atoms. The molecule has 0 amide bonds. The highest BCUT2D eigenvalue weighted by Crippen LogP contribution is 2.39. The zero-order chi connectivity index (χ0) is 25.9. The summed E-state index contributed by atoms with van der Waals surface area (Å²) in [6.45, 7) is 0. The Labute approximate surface area is 215 Å². The molecule has 2 aliphatic carbocycles. The lowest BCUT2D eigenvalue weighted by Gasteiger charge is -2.38. The van der Waals surface area contributed by atoms with Crippen molar-refractivity contribution in [2.75, 3.05) is 0 Å². The van der Waals surface area contributed by atoms with Gasteiger partial charge < -0.3 is 24.1 Å². The monoisotopic (exact) mass is 508 g/mol. The highest BCUT2D eigenvalue weighted by Gasteiger charge is 2.47. The lowest BCUT2D eigenvalue weighted by Crippen LogP contribution is -2.47. The van der Waals surface area contributed by atoms with Crippen LogP contribution in [0.1, 0.15) is 82.1 Å². The predicted molar refractivity (Wildman–Crippen MR) is 132 cm³/mol. The number of rotatable bonds is 5. The number of ether oxygens (including phenoxy) is 4. The Morgan fingerprint density at radius 1 is 0.757 bits per heavy atom. The minimum absolute atomic E-state index is 0.0690. The number of hydrogen-bond acceptors (Lipinski definition) is 8. The molecule has 1 atom stereocenters. The van der Waals surface area contributed by atoms with Crippen LogP contribution in [0.3, 0.4) is 0 Å². The average Bonchev–Trinajstić information content (AvgIpc) is 2.88. The van der Waals surface area contributed by atoms with Crippen LogP contribution in [0.15, 0.2) is 65.7 Å². The molecule has 1 N–H and O–H groups in total. The van der Waals surface area contributed by atoms with Gasteiger partial charge in [0.15, 0.2) is 0 Å². The molecule has 0 radical (unpaired) electrons. The van der Waals surface area contributed by atoms with Gasteiger partial charge in [0.25, 0.3) is 17.5 Å². The smallest absolute Gasteiger partial charge is 0.348 e. The summed E-state index contributed by atoms with van der Waals surface area (Å²) in [5, 5.41) is 10.5. The Balaban J connectivity index is 1.35. The van der Waals surface area contributed by atoms with Gasteiger partial charge in [-0.1, -0.05) is 55.3 Å². The molecule has 196 valence electrons. The number of allylic oxidation sites excluding steroid dienone is 2. The van der Waals surface area contributed by atoms with Gasteiger partial charge in [0.1, 0.15) is 11.1 Å². The second-order valence-corrected chi connectivity index (χ2v) is 10.2. The summed E-state index contributed by atoms with van der Waals surface area (Å²) in [4.78, 5) is 38.2. The molecule has 2 saturated carbocycles. The number of esters is 3. The van der Waals surface area contributed by atoms with Crippen LogP contribution in [0.2, 0.25) is 0 Å². The molecular formula is C29H32O8. The standard InChI is InChI=1S/C29H32O8/c30-24-22(25(31)35-28(34-24)16-6-2-7-17-28)14-12-21(20-10-4-1-5-11-20)13-15-23-26(32)36-29(37-27(23)33)18-8-3-9-19-29/h1,4-5,10-12,14-15,21,30H,2-3,6-9,13,16-19H2/b14-12+. The fraction of sp³-hybridized carbons (Fsp3) is 0.483. The van der Waals surface area contributed by atoms with E-state index in [4.69, 9.17) is 18.9 Å². The van der Waals surface area contributed by atoms with E-state index in [2.05, 4.69) is 0 Å². The Morgan fingerprint density at radius 3 is 1.86 bits per heavy atom. The van der Waals surface area contributed by atoms with Crippen LogP contribution in [0, 0.1) is 0 Å². The molecule has 8 nitrogen and oxygen atoms in total. The van der Waals surface area contributed by atoms with Gasteiger partial charge in [-0.05, 0) is 43.7 Å². The van der Waals surface area contributed by atoms with Gasteiger partial charge in [-0.25, -0.2) is 14.4 Å². The van der Waals surface area contributed by atoms with E-state index in [0.717, 1.165) is 44.1 Å². The van der Waals surface area contributed by atoms with Crippen molar-refractivity contribution in [2.45, 2.75) is 88.1 Å². The molecule has 8 heteroatoms. The predicted octanol–water partition coefficient (Wildman–Crippen LogP) is 5.41. The minimum atomic E-state index is -1.14. The summed E-state index contributed by atoms with van der Waals surface area (Å²) in [5.74, 6) is -4.96. The molecule has 1 aromatic rings. The van der Waals surface area contributed by atoms with E-state index >= 15 is 0 Å². The minimum Gasteiger partial charge on any atom is -0.480 e. The van der Waals surface area contributed by atoms with Crippen molar-refractivity contribution in [3.8, 4) is 0 Å². The third-order valence-corrected chi connectivity index (χ3v) is 7.54. The zero-order valence-electron chi connectivity index (χ0n) is 20.8. The van der Waals surface area contributed by atoms with Gasteiger partial charge in [0.2, 0.25) is 0 Å². The summed E-state index contributed by atoms with van der Waals surface area (Å²) >= 11 is 0. The fourth-order valence-corrected chi connectivity index (χ4v) is 5.49. The van der Waals surface area contributed by atoms with Crippen LogP contribution < -0.4 is 0 Å². The number of carbonyl (C=O) groups excluding carboxylic acids is 3. The molecule has 2 heterocycles. The van der Waals surface area contributed by atoms with E-state index < -0.39 is 35.4 Å². The molecule has 0 aromatic heterocycles. The van der Waals surface area contributed by atoms with Crippen molar-refractivity contribution < 1.29 is 38.4 Å². The molecule has 0 bridgehead atoms.